The smallest absolute Gasteiger partial charge is 0.241 e. The van der Waals surface area contributed by atoms with Crippen molar-refractivity contribution in [3.63, 3.8) is 0 Å². The number of unbranched alkanes of at least 4 members (excludes halogenated alkanes) is 1. The highest BCUT2D eigenvalue weighted by atomic mass is 16.4. The zero-order valence-corrected chi connectivity index (χ0v) is 10.3. The van der Waals surface area contributed by atoms with Gasteiger partial charge in [0.15, 0.2) is 0 Å². The number of hydrogen-bond acceptors (Lipinski definition) is 4. The molecule has 1 heterocycles. The molecule has 0 aliphatic carbocycles. The van der Waals surface area contributed by atoms with Gasteiger partial charge in [-0.3, -0.25) is 4.57 Å². The molecular weight excluding hydrogens is 222 g/mol. The molecule has 1 unspecified atom stereocenters. The molecule has 0 saturated carbocycles. The van der Waals surface area contributed by atoms with Gasteiger partial charge in [-0.05, 0) is 12.3 Å². The molecule has 0 saturated heterocycles. The van der Waals surface area contributed by atoms with E-state index in [0.29, 0.717) is 12.5 Å². The average Bonchev–Trinajstić information content (AvgIpc) is 2.51. The van der Waals surface area contributed by atoms with Gasteiger partial charge in [-0.2, -0.15) is 0 Å². The van der Waals surface area contributed by atoms with Gasteiger partial charge in [0.2, 0.25) is 23.3 Å². The predicted molar refractivity (Wildman–Crippen MR) is 64.4 cm³/mol. The number of aromatic nitrogens is 1. The zero-order chi connectivity index (χ0) is 13.0. The van der Waals surface area contributed by atoms with Gasteiger partial charge in [0.25, 0.3) is 0 Å². The standard InChI is InChI=1S/C12H21NO4/c1-3-5-6-8(4-2)7-13-11(16)9(14)10(15)12(13)17/h8,14-17H,3-7H2,1-2H3. The molecular formula is C12H21NO4. The minimum absolute atomic E-state index is 0.304. The summed E-state index contributed by atoms with van der Waals surface area (Å²) in [6.45, 7) is 4.54. The molecule has 0 aromatic carbocycles. The number of aromatic hydroxyl groups is 4. The van der Waals surface area contributed by atoms with Crippen molar-refractivity contribution in [1.82, 2.24) is 4.57 Å². The molecule has 0 aliphatic heterocycles. The van der Waals surface area contributed by atoms with Crippen LogP contribution >= 0.6 is 0 Å². The van der Waals surface area contributed by atoms with Crippen LogP contribution < -0.4 is 0 Å². The van der Waals surface area contributed by atoms with Gasteiger partial charge < -0.3 is 20.4 Å². The van der Waals surface area contributed by atoms with Crippen LogP contribution in [0.15, 0.2) is 0 Å². The van der Waals surface area contributed by atoms with E-state index in [2.05, 4.69) is 6.92 Å². The molecule has 17 heavy (non-hydrogen) atoms. The Bertz CT molecular complexity index is 348. The topological polar surface area (TPSA) is 85.9 Å². The Balaban J connectivity index is 2.82. The fraction of sp³-hybridized carbons (Fsp3) is 0.667. The lowest BCUT2D eigenvalue weighted by Crippen LogP contribution is -2.09. The van der Waals surface area contributed by atoms with Crippen LogP contribution in [0.4, 0.5) is 0 Å². The van der Waals surface area contributed by atoms with Gasteiger partial charge in [0.05, 0.1) is 0 Å². The molecule has 0 aliphatic rings. The van der Waals surface area contributed by atoms with E-state index in [4.69, 9.17) is 0 Å². The summed E-state index contributed by atoms with van der Waals surface area (Å²) in [5.74, 6) is -1.97. The Kier molecular flexibility index (Phi) is 4.54. The third-order valence-electron chi connectivity index (χ3n) is 3.14. The lowest BCUT2D eigenvalue weighted by atomic mass is 9.99. The molecule has 1 rings (SSSR count). The Morgan fingerprint density at radius 3 is 1.94 bits per heavy atom. The summed E-state index contributed by atoms with van der Waals surface area (Å²) in [5.41, 5.74) is 0. The van der Waals surface area contributed by atoms with Gasteiger partial charge in [-0.1, -0.05) is 33.1 Å². The van der Waals surface area contributed by atoms with Gasteiger partial charge in [-0.15, -0.1) is 0 Å². The SMILES string of the molecule is CCCCC(CC)Cn1c(O)c(O)c(O)c1O. The van der Waals surface area contributed by atoms with E-state index >= 15 is 0 Å². The van der Waals surface area contributed by atoms with Gasteiger partial charge in [0.1, 0.15) is 0 Å². The summed E-state index contributed by atoms with van der Waals surface area (Å²) in [6.07, 6.45) is 4.08. The second-order valence-electron chi connectivity index (χ2n) is 4.37. The first-order chi connectivity index (χ1) is 8.02. The fourth-order valence-electron chi connectivity index (χ4n) is 1.92. The second kappa shape index (κ2) is 5.70. The first-order valence-electron chi connectivity index (χ1n) is 6.05. The molecule has 5 nitrogen and oxygen atoms in total. The van der Waals surface area contributed by atoms with Gasteiger partial charge >= 0.3 is 0 Å². The van der Waals surface area contributed by atoms with Crippen LogP contribution in [0.2, 0.25) is 0 Å². The van der Waals surface area contributed by atoms with E-state index in [-0.39, 0.29) is 0 Å². The minimum Gasteiger partial charge on any atom is -0.500 e. The first kappa shape index (κ1) is 13.5. The van der Waals surface area contributed by atoms with E-state index < -0.39 is 23.3 Å². The summed E-state index contributed by atoms with van der Waals surface area (Å²) in [5, 5.41) is 37.7. The predicted octanol–water partition coefficient (Wildman–Crippen LogP) is 2.53. The molecule has 1 atom stereocenters. The third kappa shape index (κ3) is 2.78. The highest BCUT2D eigenvalue weighted by Gasteiger charge is 2.23. The van der Waals surface area contributed by atoms with E-state index in [9.17, 15) is 20.4 Å². The van der Waals surface area contributed by atoms with Crippen LogP contribution in [0.25, 0.3) is 0 Å². The minimum atomic E-state index is -0.659. The van der Waals surface area contributed by atoms with Crippen molar-refractivity contribution in [3.05, 3.63) is 0 Å². The Morgan fingerprint density at radius 1 is 1.00 bits per heavy atom. The van der Waals surface area contributed by atoms with Crippen LogP contribution in [0.1, 0.15) is 39.5 Å². The molecule has 0 spiro atoms. The molecule has 0 fully saturated rings. The Hall–Kier alpha value is -1.52. The highest BCUT2D eigenvalue weighted by molar-refractivity contribution is 5.54. The van der Waals surface area contributed by atoms with E-state index in [1.165, 1.54) is 0 Å². The Morgan fingerprint density at radius 2 is 1.53 bits per heavy atom. The molecule has 1 aromatic rings. The number of rotatable bonds is 6. The van der Waals surface area contributed by atoms with E-state index in [1.807, 2.05) is 6.92 Å². The van der Waals surface area contributed by atoms with Crippen molar-refractivity contribution in [3.8, 4) is 23.3 Å². The Labute approximate surface area is 101 Å². The summed E-state index contributed by atoms with van der Waals surface area (Å²) < 4.78 is 1.15. The highest BCUT2D eigenvalue weighted by Crippen LogP contribution is 2.45. The van der Waals surface area contributed by atoms with Crippen molar-refractivity contribution in [1.29, 1.82) is 0 Å². The van der Waals surface area contributed by atoms with Crippen molar-refractivity contribution in [2.45, 2.75) is 46.1 Å². The summed E-state index contributed by atoms with van der Waals surface area (Å²) >= 11 is 0. The lowest BCUT2D eigenvalue weighted by Gasteiger charge is -2.16. The molecule has 4 N–H and O–H groups in total. The largest absolute Gasteiger partial charge is 0.500 e. The van der Waals surface area contributed by atoms with Gasteiger partial charge in [-0.25, -0.2) is 0 Å². The van der Waals surface area contributed by atoms with E-state index in [0.717, 1.165) is 30.3 Å². The van der Waals surface area contributed by atoms with Crippen molar-refractivity contribution < 1.29 is 20.4 Å². The number of hydrogen-bond donors (Lipinski definition) is 4. The monoisotopic (exact) mass is 243 g/mol. The normalized spacial score (nSPS) is 12.8. The lowest BCUT2D eigenvalue weighted by molar-refractivity contribution is 0.305. The average molecular weight is 243 g/mol. The summed E-state index contributed by atoms with van der Waals surface area (Å²) in [6, 6.07) is 0. The van der Waals surface area contributed by atoms with Crippen LogP contribution in [0.3, 0.4) is 0 Å². The molecule has 1 aromatic heterocycles. The maximum atomic E-state index is 9.56. The summed E-state index contributed by atoms with van der Waals surface area (Å²) in [4.78, 5) is 0. The van der Waals surface area contributed by atoms with Crippen LogP contribution in [-0.2, 0) is 6.54 Å². The molecule has 5 heteroatoms. The maximum Gasteiger partial charge on any atom is 0.241 e. The van der Waals surface area contributed by atoms with Crippen LogP contribution in [0, 0.1) is 5.92 Å². The molecule has 98 valence electrons. The van der Waals surface area contributed by atoms with Crippen molar-refractivity contribution >= 4 is 0 Å². The molecule has 0 amide bonds. The quantitative estimate of drug-likeness (QED) is 0.618. The van der Waals surface area contributed by atoms with E-state index in [1.54, 1.807) is 0 Å². The first-order valence-corrected chi connectivity index (χ1v) is 6.05. The number of nitrogens with zero attached hydrogens (tertiary/aromatic N) is 1. The molecule has 0 radical (unpaired) electrons. The zero-order valence-electron chi connectivity index (χ0n) is 10.3. The maximum absolute atomic E-state index is 9.56. The van der Waals surface area contributed by atoms with Crippen LogP contribution in [0.5, 0.6) is 23.3 Å². The summed E-state index contributed by atoms with van der Waals surface area (Å²) in [7, 11) is 0. The van der Waals surface area contributed by atoms with Crippen molar-refractivity contribution in [2.75, 3.05) is 0 Å². The molecule has 0 bridgehead atoms. The van der Waals surface area contributed by atoms with Crippen molar-refractivity contribution in [2.24, 2.45) is 5.92 Å². The third-order valence-corrected chi connectivity index (χ3v) is 3.14. The van der Waals surface area contributed by atoms with Gasteiger partial charge in [0, 0.05) is 6.54 Å². The van der Waals surface area contributed by atoms with Crippen LogP contribution in [-0.4, -0.2) is 25.0 Å². The second-order valence-corrected chi connectivity index (χ2v) is 4.37. The fourth-order valence-corrected chi connectivity index (χ4v) is 1.92.